The van der Waals surface area contributed by atoms with E-state index < -0.39 is 42.3 Å². The number of nitrogens with one attached hydrogen (secondary N) is 2. The molecule has 0 radical (unpaired) electrons. The minimum atomic E-state index is -0.963. The molecule has 1 fully saturated rings. The van der Waals surface area contributed by atoms with E-state index in [1.54, 1.807) is 39.3 Å². The van der Waals surface area contributed by atoms with Crippen molar-refractivity contribution in [2.45, 2.75) is 116 Å². The molecule has 1 saturated heterocycles. The highest BCUT2D eigenvalue weighted by atomic mass is 16.5. The van der Waals surface area contributed by atoms with E-state index in [-0.39, 0.29) is 47.9 Å². The summed E-state index contributed by atoms with van der Waals surface area (Å²) in [5, 5.41) is 5.92. The van der Waals surface area contributed by atoms with Crippen LogP contribution in [0.3, 0.4) is 0 Å². The molecule has 1 aliphatic heterocycles. The van der Waals surface area contributed by atoms with Gasteiger partial charge in [-0.15, -0.1) is 0 Å². The zero-order valence-corrected chi connectivity index (χ0v) is 32.3. The number of carbonyl (C=O) groups excluding carboxylic acids is 4. The summed E-state index contributed by atoms with van der Waals surface area (Å²) in [5.41, 5.74) is 7.20. The molecule has 1 aromatic rings. The van der Waals surface area contributed by atoms with Crippen molar-refractivity contribution in [3.05, 3.63) is 30.1 Å². The second-order valence-corrected chi connectivity index (χ2v) is 14.4. The summed E-state index contributed by atoms with van der Waals surface area (Å²) in [6.45, 7) is 12.5. The van der Waals surface area contributed by atoms with Gasteiger partial charge < -0.3 is 35.6 Å². The predicted octanol–water partition coefficient (Wildman–Crippen LogP) is 2.08. The molecule has 0 aromatic carbocycles. The van der Waals surface area contributed by atoms with Gasteiger partial charge in [-0.25, -0.2) is 0 Å². The monoisotopic (exact) mass is 703 g/mol. The van der Waals surface area contributed by atoms with E-state index in [4.69, 9.17) is 15.2 Å². The van der Waals surface area contributed by atoms with Crippen LogP contribution in [-0.2, 0) is 35.1 Å². The quantitative estimate of drug-likeness (QED) is 0.185. The summed E-state index contributed by atoms with van der Waals surface area (Å²) < 4.78 is 11.9. The van der Waals surface area contributed by atoms with Crippen LogP contribution in [0.1, 0.15) is 72.9 Å². The molecule has 13 nitrogen and oxygen atoms in total. The number of amides is 4. The maximum atomic E-state index is 14.1. The number of nitrogens with zero attached hydrogens (tertiary/aromatic N) is 4. The molecule has 1 aromatic heterocycles. The van der Waals surface area contributed by atoms with Crippen LogP contribution in [-0.4, -0.2) is 134 Å². The van der Waals surface area contributed by atoms with Crippen molar-refractivity contribution >= 4 is 23.6 Å². The Kier molecular flexibility index (Phi) is 17.8. The molecular formula is C37H65N7O6. The zero-order chi connectivity index (χ0) is 37.7. The number of ether oxygens (including phenoxy) is 2. The van der Waals surface area contributed by atoms with Crippen LogP contribution >= 0.6 is 0 Å². The van der Waals surface area contributed by atoms with E-state index in [1.165, 1.54) is 0 Å². The van der Waals surface area contributed by atoms with Gasteiger partial charge in [0.05, 0.1) is 42.7 Å². The third-order valence-corrected chi connectivity index (χ3v) is 10.2. The van der Waals surface area contributed by atoms with Gasteiger partial charge in [0.15, 0.2) is 0 Å². The van der Waals surface area contributed by atoms with Crippen LogP contribution in [0.4, 0.5) is 0 Å². The number of hydrogen-bond acceptors (Lipinski definition) is 9. The molecular weight excluding hydrogens is 638 g/mol. The summed E-state index contributed by atoms with van der Waals surface area (Å²) in [4.78, 5) is 64.2. The first kappa shape index (κ1) is 43.0. The van der Waals surface area contributed by atoms with Crippen molar-refractivity contribution in [2.75, 3.05) is 48.5 Å². The number of likely N-dealkylation sites (tertiary alicyclic amines) is 1. The molecule has 50 heavy (non-hydrogen) atoms. The fourth-order valence-electron chi connectivity index (χ4n) is 7.34. The van der Waals surface area contributed by atoms with E-state index in [0.29, 0.717) is 25.9 Å². The number of likely N-dealkylation sites (N-methyl/N-ethyl adjacent to an activating group) is 2. The summed E-state index contributed by atoms with van der Waals surface area (Å²) in [6, 6.07) is 2.88. The second-order valence-electron chi connectivity index (χ2n) is 14.4. The van der Waals surface area contributed by atoms with E-state index >= 15 is 0 Å². The number of nitrogens with two attached hydrogens (primary N) is 1. The van der Waals surface area contributed by atoms with Crippen molar-refractivity contribution in [2.24, 2.45) is 23.5 Å². The molecule has 284 valence electrons. The average molecular weight is 704 g/mol. The van der Waals surface area contributed by atoms with Gasteiger partial charge in [0, 0.05) is 58.7 Å². The number of carbonyl (C=O) groups is 4. The molecule has 9 atom stereocenters. The van der Waals surface area contributed by atoms with Gasteiger partial charge in [-0.05, 0) is 57.8 Å². The smallest absolute Gasteiger partial charge is 0.246 e. The third kappa shape index (κ3) is 11.4. The van der Waals surface area contributed by atoms with Crippen LogP contribution in [0.15, 0.2) is 24.4 Å². The molecule has 0 unspecified atom stereocenters. The largest absolute Gasteiger partial charge is 0.379 e. The highest BCUT2D eigenvalue weighted by molar-refractivity contribution is 5.90. The molecule has 0 saturated carbocycles. The maximum absolute atomic E-state index is 14.1. The predicted molar refractivity (Wildman–Crippen MR) is 195 cm³/mol. The van der Waals surface area contributed by atoms with Crippen LogP contribution < -0.4 is 16.4 Å². The summed E-state index contributed by atoms with van der Waals surface area (Å²) >= 11 is 0. The van der Waals surface area contributed by atoms with Gasteiger partial charge in [-0.3, -0.25) is 29.1 Å². The van der Waals surface area contributed by atoms with Crippen molar-refractivity contribution < 1.29 is 28.7 Å². The fourth-order valence-corrected chi connectivity index (χ4v) is 7.34. The van der Waals surface area contributed by atoms with E-state index in [9.17, 15) is 19.2 Å². The van der Waals surface area contributed by atoms with Crippen molar-refractivity contribution in [1.82, 2.24) is 30.3 Å². The first-order valence-corrected chi connectivity index (χ1v) is 18.1. The second kappa shape index (κ2) is 20.7. The number of rotatable bonds is 20. The lowest BCUT2D eigenvalue weighted by Crippen LogP contribution is -2.62. The SMILES string of the molecule is CC[C@H](C)[C@@H]([C@@H](CC(=O)N1CCC[C@H]1[C@H](OC)[C@@H](C)C(=O)NCCc1ccccn1)OC)N(C)C(=O)[C@@H](NC(=O)[C@H](C(C)C)N(C)C)[C@H](C)N. The first-order valence-electron chi connectivity index (χ1n) is 18.1. The van der Waals surface area contributed by atoms with Crippen LogP contribution in [0.2, 0.25) is 0 Å². The third-order valence-electron chi connectivity index (χ3n) is 10.2. The lowest BCUT2D eigenvalue weighted by molar-refractivity contribution is -0.147. The van der Waals surface area contributed by atoms with Crippen LogP contribution in [0.25, 0.3) is 0 Å². The highest BCUT2D eigenvalue weighted by Crippen LogP contribution is 2.29. The average Bonchev–Trinajstić information content (AvgIpc) is 3.56. The molecule has 2 rings (SSSR count). The minimum Gasteiger partial charge on any atom is -0.379 e. The van der Waals surface area contributed by atoms with Gasteiger partial charge in [0.25, 0.3) is 0 Å². The molecule has 0 aliphatic carbocycles. The fraction of sp³-hybridized carbons (Fsp3) is 0.757. The van der Waals surface area contributed by atoms with Crippen LogP contribution in [0.5, 0.6) is 0 Å². The summed E-state index contributed by atoms with van der Waals surface area (Å²) in [7, 11) is 8.49. The van der Waals surface area contributed by atoms with Gasteiger partial charge in [-0.2, -0.15) is 0 Å². The zero-order valence-electron chi connectivity index (χ0n) is 32.3. The topological polar surface area (TPSA) is 159 Å². The Morgan fingerprint density at radius 3 is 2.24 bits per heavy atom. The molecule has 0 bridgehead atoms. The van der Waals surface area contributed by atoms with Gasteiger partial charge in [0.1, 0.15) is 6.04 Å². The van der Waals surface area contributed by atoms with E-state index in [1.807, 2.05) is 76.7 Å². The van der Waals surface area contributed by atoms with E-state index in [0.717, 1.165) is 18.5 Å². The van der Waals surface area contributed by atoms with Crippen molar-refractivity contribution in [3.63, 3.8) is 0 Å². The maximum Gasteiger partial charge on any atom is 0.246 e. The lowest BCUT2D eigenvalue weighted by Gasteiger charge is -2.41. The Labute approximate surface area is 300 Å². The molecule has 4 N–H and O–H groups in total. The Hall–Kier alpha value is -3.13. The Morgan fingerprint density at radius 1 is 1.04 bits per heavy atom. The number of methoxy groups -OCH3 is 2. The highest BCUT2D eigenvalue weighted by Gasteiger charge is 2.43. The van der Waals surface area contributed by atoms with Gasteiger partial charge in [-0.1, -0.05) is 47.1 Å². The Balaban J connectivity index is 2.21. The molecule has 0 spiro atoms. The summed E-state index contributed by atoms with van der Waals surface area (Å²) in [6.07, 6.45) is 3.47. The molecule has 4 amide bonds. The number of hydrogen-bond donors (Lipinski definition) is 3. The number of aromatic nitrogens is 1. The van der Waals surface area contributed by atoms with Crippen molar-refractivity contribution in [3.8, 4) is 0 Å². The molecule has 2 heterocycles. The van der Waals surface area contributed by atoms with Crippen molar-refractivity contribution in [1.29, 1.82) is 0 Å². The lowest BCUT2D eigenvalue weighted by atomic mass is 9.89. The normalized spacial score (nSPS) is 19.6. The van der Waals surface area contributed by atoms with E-state index in [2.05, 4.69) is 15.6 Å². The molecule has 13 heteroatoms. The van der Waals surface area contributed by atoms with Gasteiger partial charge in [0.2, 0.25) is 23.6 Å². The molecule has 1 aliphatic rings. The summed E-state index contributed by atoms with van der Waals surface area (Å²) in [5.74, 6) is -1.38. The van der Waals surface area contributed by atoms with Crippen LogP contribution in [0, 0.1) is 17.8 Å². The minimum absolute atomic E-state index is 0.0185. The van der Waals surface area contributed by atoms with Gasteiger partial charge >= 0.3 is 0 Å². The number of pyridine rings is 1. The first-order chi connectivity index (χ1) is 23.6. The standard InChI is InChI=1S/C37H65N7O6/c1-12-24(4)33(43(9)37(48)31(26(6)38)41-36(47)32(23(2)3)42(7)8)29(49-10)22-30(45)44-21-15-17-28(44)34(50-11)25(5)35(46)40-20-18-27-16-13-14-19-39-27/h13-14,16,19,23-26,28-29,31-34H,12,15,17-18,20-22,38H2,1-11H3,(H,40,46)(H,41,47)/t24-,25+,26-,28-,29+,31-,32-,33-,34+/m0/s1. The Bertz CT molecular complexity index is 1210. The Morgan fingerprint density at radius 2 is 1.72 bits per heavy atom.